The Balaban J connectivity index is 2.13. The van der Waals surface area contributed by atoms with E-state index in [2.05, 4.69) is 95.0 Å². The van der Waals surface area contributed by atoms with Crippen LogP contribution in [0.2, 0.25) is 0 Å². The van der Waals surface area contributed by atoms with E-state index in [1.807, 2.05) is 0 Å². The van der Waals surface area contributed by atoms with Crippen molar-refractivity contribution in [2.45, 2.75) is 13.3 Å². The van der Waals surface area contributed by atoms with Crippen LogP contribution in [-0.4, -0.2) is 8.14 Å². The van der Waals surface area contributed by atoms with Gasteiger partial charge in [-0.15, -0.1) is 15.3 Å². The molecular formula is C22H19BrSi. The molecule has 0 aromatic heterocycles. The molecule has 2 heteroatoms. The SMILES string of the molecule is CCc1cc2cc3ccccc3cc2c([SiH2]Br)c1-c1ccccc1. The molecule has 0 aliphatic rings. The summed E-state index contributed by atoms with van der Waals surface area (Å²) in [4.78, 5) is 0. The van der Waals surface area contributed by atoms with Crippen LogP contribution in [0.3, 0.4) is 0 Å². The van der Waals surface area contributed by atoms with Crippen LogP contribution in [0.4, 0.5) is 0 Å². The van der Waals surface area contributed by atoms with Crippen LogP contribution in [0, 0.1) is 0 Å². The first-order valence-corrected chi connectivity index (χ1v) is 13.0. The third-order valence-corrected chi connectivity index (χ3v) is 7.46. The molecule has 0 radical (unpaired) electrons. The molecule has 0 saturated carbocycles. The molecule has 0 spiro atoms. The van der Waals surface area contributed by atoms with Crippen molar-refractivity contribution in [1.82, 2.24) is 0 Å². The zero-order valence-corrected chi connectivity index (χ0v) is 16.7. The largest absolute Gasteiger partial charge is 0.131 e. The first-order chi connectivity index (χ1) is 11.8. The van der Waals surface area contributed by atoms with Crippen LogP contribution in [0.15, 0.2) is 72.8 Å². The van der Waals surface area contributed by atoms with Gasteiger partial charge in [0.15, 0.2) is 0 Å². The number of benzene rings is 4. The number of aryl methyl sites for hydroxylation is 1. The van der Waals surface area contributed by atoms with Gasteiger partial charge < -0.3 is 0 Å². The van der Waals surface area contributed by atoms with E-state index in [1.165, 1.54) is 43.4 Å². The Morgan fingerprint density at radius 1 is 0.792 bits per heavy atom. The van der Waals surface area contributed by atoms with Crippen molar-refractivity contribution in [2.24, 2.45) is 0 Å². The second-order valence-corrected chi connectivity index (χ2v) is 8.82. The maximum Gasteiger partial charge on any atom is 0.131 e. The molecule has 0 nitrogen and oxygen atoms in total. The van der Waals surface area contributed by atoms with Crippen molar-refractivity contribution < 1.29 is 0 Å². The van der Waals surface area contributed by atoms with Crippen molar-refractivity contribution in [1.29, 1.82) is 0 Å². The predicted molar refractivity (Wildman–Crippen MR) is 113 cm³/mol. The standard InChI is InChI=1S/C22H19BrSi/c1-2-15-12-19-13-17-10-6-7-11-18(17)14-20(19)22(24-23)21(15)16-8-4-3-5-9-16/h3-14H,2,24H2,1H3. The zero-order valence-electron chi connectivity index (χ0n) is 13.7. The fraction of sp³-hybridized carbons (Fsp3) is 0.0909. The van der Waals surface area contributed by atoms with E-state index in [-0.39, 0.29) is 0 Å². The lowest BCUT2D eigenvalue weighted by atomic mass is 9.92. The first-order valence-electron chi connectivity index (χ1n) is 8.40. The third kappa shape index (κ3) is 2.60. The summed E-state index contributed by atoms with van der Waals surface area (Å²) in [5.41, 5.74) is 4.24. The maximum absolute atomic E-state index is 3.89. The summed E-state index contributed by atoms with van der Waals surface area (Å²) < 4.78 is 0. The molecule has 0 fully saturated rings. The van der Waals surface area contributed by atoms with Gasteiger partial charge in [0.05, 0.1) is 0 Å². The summed E-state index contributed by atoms with van der Waals surface area (Å²) in [6.45, 7) is 2.26. The Morgan fingerprint density at radius 2 is 1.46 bits per heavy atom. The van der Waals surface area contributed by atoms with Gasteiger partial charge >= 0.3 is 0 Å². The first kappa shape index (κ1) is 15.6. The van der Waals surface area contributed by atoms with Gasteiger partial charge in [0.1, 0.15) is 8.14 Å². The second-order valence-electron chi connectivity index (χ2n) is 6.16. The van der Waals surface area contributed by atoms with Crippen molar-refractivity contribution in [3.63, 3.8) is 0 Å². The number of halogens is 1. The van der Waals surface area contributed by atoms with Crippen molar-refractivity contribution in [2.75, 3.05) is 0 Å². The smallest absolute Gasteiger partial charge is 0.129 e. The molecule has 118 valence electrons. The van der Waals surface area contributed by atoms with Gasteiger partial charge in [-0.2, -0.15) is 0 Å². The van der Waals surface area contributed by atoms with Gasteiger partial charge in [0.25, 0.3) is 0 Å². The fourth-order valence-corrected chi connectivity index (χ4v) is 6.37. The maximum atomic E-state index is 3.89. The van der Waals surface area contributed by atoms with E-state index >= 15 is 0 Å². The minimum Gasteiger partial charge on any atom is -0.129 e. The molecule has 0 amide bonds. The second kappa shape index (κ2) is 6.54. The number of hydrogen-bond acceptors (Lipinski definition) is 0. The summed E-state index contributed by atoms with van der Waals surface area (Å²) in [5.74, 6) is 0. The number of hydrogen-bond donors (Lipinski definition) is 0. The quantitative estimate of drug-likeness (QED) is 0.252. The van der Waals surface area contributed by atoms with Crippen LogP contribution in [-0.2, 0) is 6.42 Å². The Kier molecular flexibility index (Phi) is 4.25. The van der Waals surface area contributed by atoms with Crippen molar-refractivity contribution >= 4 is 50.2 Å². The molecule has 0 aliphatic carbocycles. The molecule has 0 aliphatic heterocycles. The lowest BCUT2D eigenvalue weighted by Gasteiger charge is -2.17. The molecule has 0 heterocycles. The van der Waals surface area contributed by atoms with E-state index in [0.29, 0.717) is 0 Å². The molecule has 0 saturated heterocycles. The Bertz CT molecular complexity index is 1020. The van der Waals surface area contributed by atoms with E-state index in [1.54, 1.807) is 0 Å². The predicted octanol–water partition coefficient (Wildman–Crippen LogP) is 5.33. The summed E-state index contributed by atoms with van der Waals surface area (Å²) in [7, 11) is -0.488. The molecule has 0 unspecified atom stereocenters. The summed E-state index contributed by atoms with van der Waals surface area (Å²) in [6, 6.07) is 26.6. The molecule has 0 atom stereocenters. The van der Waals surface area contributed by atoms with Crippen LogP contribution in [0.1, 0.15) is 12.5 Å². The van der Waals surface area contributed by atoms with E-state index in [0.717, 1.165) is 6.42 Å². The minimum atomic E-state index is -0.488. The highest BCUT2D eigenvalue weighted by atomic mass is 79.9. The van der Waals surface area contributed by atoms with Gasteiger partial charge in [-0.25, -0.2) is 0 Å². The fourth-order valence-electron chi connectivity index (χ4n) is 3.61. The summed E-state index contributed by atoms with van der Waals surface area (Å²) in [6.07, 6.45) is 1.06. The lowest BCUT2D eigenvalue weighted by molar-refractivity contribution is 1.15. The topological polar surface area (TPSA) is 0 Å². The Morgan fingerprint density at radius 3 is 2.12 bits per heavy atom. The molecule has 4 rings (SSSR count). The lowest BCUT2D eigenvalue weighted by Crippen LogP contribution is -2.16. The summed E-state index contributed by atoms with van der Waals surface area (Å²) in [5, 5.41) is 6.95. The molecule has 0 bridgehead atoms. The van der Waals surface area contributed by atoms with Crippen LogP contribution < -0.4 is 5.19 Å². The van der Waals surface area contributed by atoms with Crippen LogP contribution >= 0.6 is 15.3 Å². The Hall–Kier alpha value is -1.90. The van der Waals surface area contributed by atoms with Crippen LogP contribution in [0.5, 0.6) is 0 Å². The molecule has 0 N–H and O–H groups in total. The van der Waals surface area contributed by atoms with Gasteiger partial charge in [-0.1, -0.05) is 67.6 Å². The summed E-state index contributed by atoms with van der Waals surface area (Å²) >= 11 is 3.89. The zero-order chi connectivity index (χ0) is 16.5. The van der Waals surface area contributed by atoms with Crippen molar-refractivity contribution in [3.05, 3.63) is 78.4 Å². The van der Waals surface area contributed by atoms with Crippen LogP contribution in [0.25, 0.3) is 32.7 Å². The minimum absolute atomic E-state index is 0.488. The molecule has 4 aromatic rings. The normalized spacial score (nSPS) is 11.8. The molecule has 24 heavy (non-hydrogen) atoms. The van der Waals surface area contributed by atoms with E-state index in [9.17, 15) is 0 Å². The number of rotatable bonds is 3. The van der Waals surface area contributed by atoms with Gasteiger partial charge in [0.2, 0.25) is 0 Å². The molecular weight excluding hydrogens is 372 g/mol. The average molecular weight is 391 g/mol. The van der Waals surface area contributed by atoms with E-state index in [4.69, 9.17) is 0 Å². The van der Waals surface area contributed by atoms with E-state index < -0.39 is 8.14 Å². The van der Waals surface area contributed by atoms with Crippen molar-refractivity contribution in [3.8, 4) is 11.1 Å². The van der Waals surface area contributed by atoms with Gasteiger partial charge in [-0.3, -0.25) is 0 Å². The average Bonchev–Trinajstić information content (AvgIpc) is 2.65. The van der Waals surface area contributed by atoms with Gasteiger partial charge in [-0.05, 0) is 62.0 Å². The molecule has 4 aromatic carbocycles. The van der Waals surface area contributed by atoms with Gasteiger partial charge in [0, 0.05) is 0 Å². The highest BCUT2D eigenvalue weighted by Crippen LogP contribution is 2.30. The number of fused-ring (bicyclic) bond motifs is 2. The third-order valence-electron chi connectivity index (χ3n) is 4.77. The highest BCUT2D eigenvalue weighted by molar-refractivity contribution is 9.23. The highest BCUT2D eigenvalue weighted by Gasteiger charge is 2.14. The Labute approximate surface area is 152 Å². The monoisotopic (exact) mass is 390 g/mol.